The minimum Gasteiger partial charge on any atom is -0.490 e. The van der Waals surface area contributed by atoms with Crippen molar-refractivity contribution in [3.8, 4) is 22.6 Å². The lowest BCUT2D eigenvalue weighted by Gasteiger charge is -2.15. The second-order valence-electron chi connectivity index (χ2n) is 14.4. The molecule has 0 aromatic heterocycles. The molecule has 0 bridgehead atoms. The van der Waals surface area contributed by atoms with Crippen molar-refractivity contribution < 1.29 is 50.5 Å². The van der Waals surface area contributed by atoms with Gasteiger partial charge in [-0.05, 0) is 116 Å². The molecule has 0 heterocycles. The largest absolute Gasteiger partial charge is 0.490 e. The number of amides is 1. The van der Waals surface area contributed by atoms with Crippen molar-refractivity contribution in [2.24, 2.45) is 0 Å². The lowest BCUT2D eigenvalue weighted by atomic mass is 9.95. The Balaban J connectivity index is 0. The fourth-order valence-electron chi connectivity index (χ4n) is 5.31. The summed E-state index contributed by atoms with van der Waals surface area (Å²) in [5.74, 6) is -2.17. The van der Waals surface area contributed by atoms with Crippen LogP contribution in [-0.4, -0.2) is 63.6 Å². The Hall–Kier alpha value is -6.95. The molecule has 4 aromatic rings. The van der Waals surface area contributed by atoms with Crippen LogP contribution in [0.2, 0.25) is 0 Å². The average molecular weight is 897 g/mol. The molecule has 1 amide bonds. The number of aryl methyl sites for hydroxylation is 2. The minimum atomic E-state index is -0.814. The van der Waals surface area contributed by atoms with Crippen LogP contribution in [0.5, 0.6) is 11.5 Å². The van der Waals surface area contributed by atoms with Crippen molar-refractivity contribution in [2.45, 2.75) is 88.5 Å². The lowest BCUT2D eigenvalue weighted by molar-refractivity contribution is -0.140. The maximum atomic E-state index is 13.9. The third kappa shape index (κ3) is 18.7. The van der Waals surface area contributed by atoms with Crippen LogP contribution in [-0.2, 0) is 23.7 Å². The van der Waals surface area contributed by atoms with E-state index in [-0.39, 0.29) is 68.6 Å². The first-order valence-electron chi connectivity index (χ1n) is 21.8. The first kappa shape index (κ1) is 56.1. The van der Waals surface area contributed by atoms with Crippen molar-refractivity contribution in [1.82, 2.24) is 0 Å². The van der Waals surface area contributed by atoms with Gasteiger partial charge in [0.2, 0.25) is 0 Å². The summed E-state index contributed by atoms with van der Waals surface area (Å²) < 4.78 is 26.9. The van der Waals surface area contributed by atoms with E-state index in [9.17, 15) is 24.0 Å². The molecule has 0 aliphatic carbocycles. The molecule has 12 nitrogen and oxygen atoms in total. The molecule has 0 fully saturated rings. The topological polar surface area (TPSA) is 156 Å². The summed E-state index contributed by atoms with van der Waals surface area (Å²) in [6.07, 6.45) is 4.35. The van der Waals surface area contributed by atoms with Gasteiger partial charge in [0.15, 0.2) is 6.29 Å². The molecule has 0 atom stereocenters. The fraction of sp³-hybridized carbons (Fsp3) is 0.340. The number of benzene rings is 4. The van der Waals surface area contributed by atoms with Gasteiger partial charge in [-0.15, -0.1) is 0 Å². The van der Waals surface area contributed by atoms with Crippen LogP contribution in [0.3, 0.4) is 0 Å². The number of esters is 3. The van der Waals surface area contributed by atoms with Crippen LogP contribution in [0.15, 0.2) is 109 Å². The van der Waals surface area contributed by atoms with Gasteiger partial charge >= 0.3 is 17.9 Å². The van der Waals surface area contributed by atoms with Crippen molar-refractivity contribution in [3.63, 3.8) is 0 Å². The highest BCUT2D eigenvalue weighted by molar-refractivity contribution is 6.11. The van der Waals surface area contributed by atoms with E-state index in [2.05, 4.69) is 64.1 Å². The van der Waals surface area contributed by atoms with Crippen LogP contribution >= 0.6 is 0 Å². The highest BCUT2D eigenvalue weighted by Gasteiger charge is 2.22. The van der Waals surface area contributed by atoms with Crippen molar-refractivity contribution in [3.05, 3.63) is 143 Å². The van der Waals surface area contributed by atoms with Gasteiger partial charge < -0.3 is 34.3 Å². The monoisotopic (exact) mass is 897 g/mol. The van der Waals surface area contributed by atoms with Gasteiger partial charge in [-0.2, -0.15) is 0 Å². The molecular formula is C53H72N2O10. The zero-order chi connectivity index (χ0) is 49.1. The predicted octanol–water partition coefficient (Wildman–Crippen LogP) is 13.1. The second-order valence-corrected chi connectivity index (χ2v) is 14.4. The van der Waals surface area contributed by atoms with Gasteiger partial charge in [0.05, 0.1) is 16.7 Å². The van der Waals surface area contributed by atoms with Crippen molar-refractivity contribution in [1.29, 1.82) is 0 Å². The molecule has 0 aliphatic rings. The maximum Gasteiger partial charge on any atom is 0.339 e. The molecule has 0 saturated carbocycles. The van der Waals surface area contributed by atoms with Gasteiger partial charge in [-0.1, -0.05) is 92.7 Å². The summed E-state index contributed by atoms with van der Waals surface area (Å²) in [7, 11) is 1.86. The first-order valence-corrected chi connectivity index (χ1v) is 21.8. The van der Waals surface area contributed by atoms with Gasteiger partial charge in [0, 0.05) is 32.4 Å². The maximum absolute atomic E-state index is 13.9. The van der Waals surface area contributed by atoms with Crippen LogP contribution in [0.25, 0.3) is 11.1 Å². The number of nitrogens with one attached hydrogen (secondary N) is 2. The highest BCUT2D eigenvalue weighted by atomic mass is 16.6. The molecule has 0 saturated heterocycles. The SMILES string of the molecule is C=C(C)C(=C)OCCOC(=O)c1ccc(Oc2ccc(C(=O)OCCOC(=O)C(=C)C)c(C=O)c2)cc1C(=O)Nc1ccc(-c2ccc(NC)cc2C)c(C)c1.CC.CCC.CCCC.[HH].[HH]. The second kappa shape index (κ2) is 30.2. The standard InChI is InChI=1S/C44H44N2O10.C4H10.C3H8.C2H6.2H2/c1-26(2)30(7)52-17-18-55-44(51)39-16-12-35(56-34-11-15-38(31(23-34)25-47)43(50)54-20-19-53-42(49)27(3)4)24-40(39)41(48)46-33-10-14-37(29(6)22-33)36-13-9-32(45-8)21-28(36)5;1-3-4-2;1-3-2;1-2;;/h9-16,21-25,45H,1,3,7,17-20H2,2,4-6,8H3,(H,46,48);3-4H2,1-2H3;3H2,1-2H3;1-2H3;2*1H. The number of aldehydes is 1. The molecule has 65 heavy (non-hydrogen) atoms. The Morgan fingerprint density at radius 1 is 0.615 bits per heavy atom. The van der Waals surface area contributed by atoms with E-state index in [1.54, 1.807) is 13.0 Å². The molecule has 0 spiro atoms. The summed E-state index contributed by atoms with van der Waals surface area (Å²) in [5, 5.41) is 6.01. The van der Waals surface area contributed by atoms with Crippen molar-refractivity contribution in [2.75, 3.05) is 44.1 Å². The minimum absolute atomic E-state index is 0. The molecule has 4 aromatic carbocycles. The zero-order valence-electron chi connectivity index (χ0n) is 40.2. The van der Waals surface area contributed by atoms with Crippen LogP contribution in [0, 0.1) is 13.8 Å². The quantitative estimate of drug-likeness (QED) is 0.0176. The van der Waals surface area contributed by atoms with E-state index in [0.29, 0.717) is 23.3 Å². The summed E-state index contributed by atoms with van der Waals surface area (Å²) >= 11 is 0. The molecule has 0 unspecified atom stereocenters. The Labute approximate surface area is 389 Å². The zero-order valence-corrected chi connectivity index (χ0v) is 40.2. The molecule has 4 rings (SSSR count). The van der Waals surface area contributed by atoms with Gasteiger partial charge in [0.25, 0.3) is 5.91 Å². The Kier molecular flexibility index (Phi) is 26.0. The van der Waals surface area contributed by atoms with E-state index < -0.39 is 23.8 Å². The lowest BCUT2D eigenvalue weighted by Crippen LogP contribution is -2.19. The molecule has 0 aliphatic heterocycles. The van der Waals surface area contributed by atoms with Gasteiger partial charge in [-0.25, -0.2) is 14.4 Å². The Morgan fingerprint density at radius 2 is 1.09 bits per heavy atom. The number of unbranched alkanes of at least 4 members (excludes halogenated alkanes) is 1. The number of hydrogen-bond acceptors (Lipinski definition) is 11. The van der Waals surface area contributed by atoms with E-state index in [4.69, 9.17) is 23.7 Å². The number of rotatable bonds is 19. The molecule has 12 heteroatoms. The van der Waals surface area contributed by atoms with E-state index in [1.807, 2.05) is 59.0 Å². The first-order chi connectivity index (χ1) is 31.0. The van der Waals surface area contributed by atoms with Gasteiger partial charge in [0.1, 0.15) is 43.7 Å². The molecule has 2 N–H and O–H groups in total. The van der Waals surface area contributed by atoms with E-state index >= 15 is 0 Å². The highest BCUT2D eigenvalue weighted by Crippen LogP contribution is 2.31. The number of ether oxygens (including phenoxy) is 5. The normalized spacial score (nSPS) is 9.77. The van der Waals surface area contributed by atoms with Crippen LogP contribution < -0.4 is 15.4 Å². The third-order valence-corrected chi connectivity index (χ3v) is 8.82. The number of hydrogen-bond donors (Lipinski definition) is 2. The van der Waals surface area contributed by atoms with Crippen molar-refractivity contribution >= 4 is 41.5 Å². The summed E-state index contributed by atoms with van der Waals surface area (Å²) in [6, 6.07) is 19.9. The summed E-state index contributed by atoms with van der Waals surface area (Å²) in [5.41, 5.74) is 6.20. The number of anilines is 2. The fourth-order valence-corrected chi connectivity index (χ4v) is 5.31. The average Bonchev–Trinajstić information content (AvgIpc) is 3.29. The summed E-state index contributed by atoms with van der Waals surface area (Å²) in [6.45, 7) is 30.3. The number of carbonyl (C=O) groups excluding carboxylic acids is 5. The number of carbonyl (C=O) groups is 5. The molecular weight excluding hydrogens is 825 g/mol. The molecule has 0 radical (unpaired) electrons. The molecule has 354 valence electrons. The van der Waals surface area contributed by atoms with Crippen LogP contribution in [0.4, 0.5) is 11.4 Å². The van der Waals surface area contributed by atoms with E-state index in [1.165, 1.54) is 62.6 Å². The Morgan fingerprint density at radius 3 is 1.58 bits per heavy atom. The van der Waals surface area contributed by atoms with Gasteiger partial charge in [-0.3, -0.25) is 9.59 Å². The Bertz CT molecular complexity index is 2270. The van der Waals surface area contributed by atoms with Crippen LogP contribution in [0.1, 0.15) is 130 Å². The third-order valence-electron chi connectivity index (χ3n) is 8.82. The summed E-state index contributed by atoms with van der Waals surface area (Å²) in [4.78, 5) is 63.3. The van der Waals surface area contributed by atoms with E-state index in [0.717, 1.165) is 27.9 Å². The number of allylic oxidation sites excluding steroid dienone is 1. The smallest absolute Gasteiger partial charge is 0.339 e. The predicted molar refractivity (Wildman–Crippen MR) is 266 cm³/mol.